The van der Waals surface area contributed by atoms with Crippen LogP contribution in [0.15, 0.2) is 0 Å². The van der Waals surface area contributed by atoms with E-state index in [1.807, 2.05) is 27.7 Å². The number of nitrogens with zero attached hydrogens (tertiary/aromatic N) is 2. The fraction of sp³-hybridized carbons (Fsp3) is 0.759. The molecule has 4 fully saturated rings. The second kappa shape index (κ2) is 10.3. The highest BCUT2D eigenvalue weighted by atomic mass is 17.2. The average Bonchev–Trinajstić information content (AvgIpc) is 3.19. The van der Waals surface area contributed by atoms with Crippen molar-refractivity contribution in [2.24, 2.45) is 16.7 Å². The van der Waals surface area contributed by atoms with Crippen LogP contribution in [0.1, 0.15) is 90.0 Å². The van der Waals surface area contributed by atoms with Crippen molar-refractivity contribution in [2.45, 2.75) is 124 Å². The van der Waals surface area contributed by atoms with E-state index in [2.05, 4.69) is 30.7 Å². The van der Waals surface area contributed by atoms with Gasteiger partial charge in [-0.3, -0.25) is 19.7 Å². The maximum atomic E-state index is 13.7. The molecule has 6 unspecified atom stereocenters. The maximum Gasteiger partial charge on any atom is 0.371 e. The fourth-order valence-electron chi connectivity index (χ4n) is 6.66. The summed E-state index contributed by atoms with van der Waals surface area (Å²) < 4.78 is 17.3. The van der Waals surface area contributed by atoms with Crippen molar-refractivity contribution < 1.29 is 43.5 Å². The minimum Gasteiger partial charge on any atom is -0.460 e. The second-order valence-electron chi connectivity index (χ2n) is 12.8. The molecule has 2 bridgehead atoms. The molecule has 0 amide bonds. The summed E-state index contributed by atoms with van der Waals surface area (Å²) >= 11 is 0. The fourth-order valence-corrected chi connectivity index (χ4v) is 6.66. The zero-order valence-electron chi connectivity index (χ0n) is 25.0. The van der Waals surface area contributed by atoms with Gasteiger partial charge in [-0.15, -0.1) is 0 Å². The van der Waals surface area contributed by atoms with Crippen LogP contribution in [0.3, 0.4) is 0 Å². The quantitative estimate of drug-likeness (QED) is 0.428. The first-order chi connectivity index (χ1) is 18.5. The molecule has 4 aliphatic rings. The number of fused-ring (bicyclic) bond motifs is 1. The zero-order chi connectivity index (χ0) is 29.8. The average molecular weight is 563 g/mol. The molecule has 11 heteroatoms. The van der Waals surface area contributed by atoms with E-state index in [9.17, 15) is 19.5 Å². The first kappa shape index (κ1) is 30.3. The van der Waals surface area contributed by atoms with Gasteiger partial charge in [0.05, 0.1) is 41.9 Å². The van der Waals surface area contributed by atoms with E-state index >= 15 is 0 Å². The van der Waals surface area contributed by atoms with Gasteiger partial charge in [-0.25, -0.2) is 9.59 Å². The predicted molar refractivity (Wildman–Crippen MR) is 140 cm³/mol. The Morgan fingerprint density at radius 3 is 2.30 bits per heavy atom. The molecule has 3 saturated heterocycles. The Morgan fingerprint density at radius 1 is 1.02 bits per heavy atom. The summed E-state index contributed by atoms with van der Waals surface area (Å²) in [4.78, 5) is 59.3. The van der Waals surface area contributed by atoms with E-state index in [-0.39, 0.29) is 13.0 Å². The molecule has 40 heavy (non-hydrogen) atoms. The van der Waals surface area contributed by atoms with Crippen LogP contribution in [0.5, 0.6) is 0 Å². The van der Waals surface area contributed by atoms with Crippen molar-refractivity contribution in [3.8, 4) is 0 Å². The number of aliphatic hydroxyl groups is 1. The van der Waals surface area contributed by atoms with Gasteiger partial charge in [-0.05, 0) is 52.9 Å². The zero-order valence-corrected chi connectivity index (χ0v) is 25.0. The Morgan fingerprint density at radius 2 is 1.65 bits per heavy atom. The van der Waals surface area contributed by atoms with Crippen LogP contribution < -0.4 is 0 Å². The Balaban J connectivity index is 0.000000867. The number of hydrogen-bond donors (Lipinski definition) is 1. The summed E-state index contributed by atoms with van der Waals surface area (Å²) in [7, 11) is 0. The third-order valence-corrected chi connectivity index (χ3v) is 9.13. The van der Waals surface area contributed by atoms with Gasteiger partial charge in [-0.1, -0.05) is 34.6 Å². The Hall–Kier alpha value is -2.63. The molecule has 1 N–H and O–H groups in total. The SMILES string of the molecule is CC(C)C.Cc1nc(C)c(COC2C(=O)OOC34C(=O)OC(C)CCC2(C)C3(C)CC2OC(=O)C[C@@]24O)nc1C. The van der Waals surface area contributed by atoms with Crippen LogP contribution >= 0.6 is 0 Å². The minimum atomic E-state index is -2.19. The number of carbonyl (C=O) groups excluding carboxylic acids is 3. The van der Waals surface area contributed by atoms with Crippen LogP contribution in [0.4, 0.5) is 0 Å². The summed E-state index contributed by atoms with van der Waals surface area (Å²) in [6, 6.07) is 0. The minimum absolute atomic E-state index is 0.0267. The van der Waals surface area contributed by atoms with E-state index in [0.29, 0.717) is 24.2 Å². The molecule has 3 aliphatic heterocycles. The van der Waals surface area contributed by atoms with Gasteiger partial charge in [0.15, 0.2) is 11.7 Å². The Kier molecular flexibility index (Phi) is 7.83. The number of esters is 2. The topological polar surface area (TPSA) is 143 Å². The third kappa shape index (κ3) is 4.41. The van der Waals surface area contributed by atoms with Gasteiger partial charge in [0, 0.05) is 10.8 Å². The van der Waals surface area contributed by atoms with Crippen LogP contribution in [0.25, 0.3) is 0 Å². The van der Waals surface area contributed by atoms with Crippen molar-refractivity contribution in [1.82, 2.24) is 9.97 Å². The van der Waals surface area contributed by atoms with Gasteiger partial charge >= 0.3 is 17.9 Å². The van der Waals surface area contributed by atoms with Crippen LogP contribution in [-0.2, 0) is 45.0 Å². The Bertz CT molecular complexity index is 1200. The lowest BCUT2D eigenvalue weighted by Gasteiger charge is -2.54. The Labute approximate surface area is 235 Å². The summed E-state index contributed by atoms with van der Waals surface area (Å²) in [6.45, 7) is 17.3. The molecule has 11 nitrogen and oxygen atoms in total. The van der Waals surface area contributed by atoms with E-state index in [0.717, 1.165) is 17.3 Å². The van der Waals surface area contributed by atoms with Crippen molar-refractivity contribution in [3.05, 3.63) is 22.8 Å². The molecular formula is C29H42N2O9. The first-order valence-corrected chi connectivity index (χ1v) is 14.0. The summed E-state index contributed by atoms with van der Waals surface area (Å²) in [5, 5.41) is 11.8. The molecule has 1 saturated carbocycles. The van der Waals surface area contributed by atoms with Gasteiger partial charge in [0.25, 0.3) is 0 Å². The molecule has 0 spiro atoms. The van der Waals surface area contributed by atoms with Crippen molar-refractivity contribution in [3.63, 3.8) is 0 Å². The lowest BCUT2D eigenvalue weighted by molar-refractivity contribution is -0.374. The molecule has 7 atom stereocenters. The van der Waals surface area contributed by atoms with E-state index in [1.54, 1.807) is 13.8 Å². The van der Waals surface area contributed by atoms with E-state index in [4.69, 9.17) is 24.0 Å². The van der Waals surface area contributed by atoms with Gasteiger partial charge < -0.3 is 19.3 Å². The normalized spacial score (nSPS) is 38.6. The smallest absolute Gasteiger partial charge is 0.371 e. The lowest BCUT2D eigenvalue weighted by Crippen LogP contribution is -2.70. The number of carbonyl (C=O) groups is 3. The molecule has 222 valence electrons. The standard InChI is InChI=1S/C25H32N2O9.C4H10/c1-12-7-8-22(5)19(32-11-16-15(4)26-13(2)14(3)27-16)20(29)35-36-25(21(30)33-12)23(22,6)9-17-24(25,31)10-18(28)34-17;1-4(2)3/h12,17,19,31H,7-11H2,1-6H3;4H,1-3H3/t12?,17?,19?,22?,23?,24-,25?;/m1./s1. The number of hydrogen-bond acceptors (Lipinski definition) is 11. The monoisotopic (exact) mass is 562 g/mol. The maximum absolute atomic E-state index is 13.7. The van der Waals surface area contributed by atoms with Gasteiger partial charge in [0.1, 0.15) is 6.10 Å². The van der Waals surface area contributed by atoms with Gasteiger partial charge in [0.2, 0.25) is 5.60 Å². The molecule has 0 aromatic carbocycles. The molecule has 1 aliphatic carbocycles. The largest absolute Gasteiger partial charge is 0.460 e. The molecular weight excluding hydrogens is 520 g/mol. The molecule has 0 radical (unpaired) electrons. The second-order valence-corrected chi connectivity index (χ2v) is 12.8. The number of cyclic esters (lactones) is 1. The predicted octanol–water partition coefficient (Wildman–Crippen LogP) is 3.36. The van der Waals surface area contributed by atoms with E-state index in [1.165, 1.54) is 0 Å². The lowest BCUT2D eigenvalue weighted by atomic mass is 9.52. The van der Waals surface area contributed by atoms with Crippen LogP contribution in [0, 0.1) is 37.5 Å². The van der Waals surface area contributed by atoms with Crippen molar-refractivity contribution in [1.29, 1.82) is 0 Å². The van der Waals surface area contributed by atoms with Crippen LogP contribution in [-0.4, -0.2) is 62.5 Å². The summed E-state index contributed by atoms with van der Waals surface area (Å²) in [6.07, 6.45) is -2.38. The van der Waals surface area contributed by atoms with E-state index < -0.39 is 64.7 Å². The molecule has 1 aromatic heterocycles. The molecule has 5 rings (SSSR count). The number of aryl methyl sites for hydroxylation is 3. The number of ether oxygens (including phenoxy) is 3. The third-order valence-electron chi connectivity index (χ3n) is 9.13. The number of aromatic nitrogens is 2. The van der Waals surface area contributed by atoms with Gasteiger partial charge in [-0.2, -0.15) is 4.89 Å². The summed E-state index contributed by atoms with van der Waals surface area (Å²) in [5.74, 6) is -1.56. The van der Waals surface area contributed by atoms with Crippen LogP contribution in [0.2, 0.25) is 0 Å². The molecule has 1 aromatic rings. The highest BCUT2D eigenvalue weighted by Gasteiger charge is 2.86. The highest BCUT2D eigenvalue weighted by Crippen LogP contribution is 2.69. The summed E-state index contributed by atoms with van der Waals surface area (Å²) in [5.41, 5.74) is -3.82. The first-order valence-electron chi connectivity index (χ1n) is 14.0. The van der Waals surface area contributed by atoms with Crippen molar-refractivity contribution >= 4 is 17.9 Å². The highest BCUT2D eigenvalue weighted by molar-refractivity contribution is 5.89. The number of rotatable bonds is 3. The van der Waals surface area contributed by atoms with Crippen molar-refractivity contribution in [2.75, 3.05) is 0 Å². The molecule has 4 heterocycles.